The molecular weight excluding hydrogens is 264 g/mol. The van der Waals surface area contributed by atoms with E-state index in [4.69, 9.17) is 4.74 Å². The highest BCUT2D eigenvalue weighted by Crippen LogP contribution is 2.20. The number of carbonyl (C=O) groups is 1. The average Bonchev–Trinajstić information content (AvgIpc) is 2.38. The normalized spacial score (nSPS) is 26.8. The van der Waals surface area contributed by atoms with E-state index in [0.29, 0.717) is 26.2 Å². The van der Waals surface area contributed by atoms with Gasteiger partial charge in [-0.15, -0.1) is 0 Å². The Labute approximate surface area is 118 Å². The summed E-state index contributed by atoms with van der Waals surface area (Å²) in [6.45, 7) is 8.47. The second-order valence-corrected chi connectivity index (χ2v) is 7.21. The third kappa shape index (κ3) is 5.10. The van der Waals surface area contributed by atoms with Gasteiger partial charge in [0.05, 0.1) is 18.8 Å². The molecule has 0 bridgehead atoms. The Morgan fingerprint density at radius 1 is 1.58 bits per heavy atom. The lowest BCUT2D eigenvalue weighted by Crippen LogP contribution is -2.54. The van der Waals surface area contributed by atoms with Crippen molar-refractivity contribution in [2.24, 2.45) is 0 Å². The highest BCUT2D eigenvalue weighted by atomic mass is 32.2. The molecule has 1 N–H and O–H groups in total. The van der Waals surface area contributed by atoms with Crippen molar-refractivity contribution in [3.8, 4) is 0 Å². The van der Waals surface area contributed by atoms with Crippen LogP contribution in [0.15, 0.2) is 0 Å². The molecule has 0 radical (unpaired) electrons. The number of carbonyl (C=O) groups excluding carboxylic acids is 1. The third-order valence-electron chi connectivity index (χ3n) is 3.77. The van der Waals surface area contributed by atoms with Crippen molar-refractivity contribution in [3.05, 3.63) is 0 Å². The van der Waals surface area contributed by atoms with Gasteiger partial charge in [-0.3, -0.25) is 4.21 Å². The van der Waals surface area contributed by atoms with Crippen molar-refractivity contribution in [2.75, 3.05) is 32.5 Å². The maximum Gasteiger partial charge on any atom is 0.317 e. The SMILES string of the molecule is CCC1(C)CN(C(=O)NCCC(C)S(C)=O)CCO1. The van der Waals surface area contributed by atoms with Crippen LogP contribution in [0.4, 0.5) is 4.79 Å². The van der Waals surface area contributed by atoms with Crippen LogP contribution in [0, 0.1) is 0 Å². The Morgan fingerprint density at radius 3 is 2.84 bits per heavy atom. The molecule has 3 atom stereocenters. The van der Waals surface area contributed by atoms with Crippen molar-refractivity contribution in [1.82, 2.24) is 10.2 Å². The topological polar surface area (TPSA) is 58.6 Å². The van der Waals surface area contributed by atoms with Crippen LogP contribution >= 0.6 is 0 Å². The zero-order valence-corrected chi connectivity index (χ0v) is 13.2. The first-order chi connectivity index (χ1) is 8.88. The van der Waals surface area contributed by atoms with Crippen molar-refractivity contribution in [3.63, 3.8) is 0 Å². The molecule has 0 spiro atoms. The zero-order chi connectivity index (χ0) is 14.5. The third-order valence-corrected chi connectivity index (χ3v) is 5.13. The minimum absolute atomic E-state index is 0.0444. The summed E-state index contributed by atoms with van der Waals surface area (Å²) in [5.74, 6) is 0. The molecule has 0 aromatic heterocycles. The number of rotatable bonds is 5. The summed E-state index contributed by atoms with van der Waals surface area (Å²) < 4.78 is 16.9. The molecule has 1 saturated heterocycles. The summed E-state index contributed by atoms with van der Waals surface area (Å²) in [5.41, 5.74) is -0.228. The van der Waals surface area contributed by atoms with Gasteiger partial charge in [0, 0.05) is 35.4 Å². The number of hydrogen-bond acceptors (Lipinski definition) is 3. The van der Waals surface area contributed by atoms with Gasteiger partial charge in [0.15, 0.2) is 0 Å². The summed E-state index contributed by atoms with van der Waals surface area (Å²) in [5, 5.41) is 3.01. The predicted molar refractivity (Wildman–Crippen MR) is 77.8 cm³/mol. The van der Waals surface area contributed by atoms with Crippen LogP contribution in [0.25, 0.3) is 0 Å². The highest BCUT2D eigenvalue weighted by Gasteiger charge is 2.32. The second kappa shape index (κ2) is 7.24. The Hall–Kier alpha value is -0.620. The van der Waals surface area contributed by atoms with E-state index in [0.717, 1.165) is 12.8 Å². The molecule has 0 aliphatic carbocycles. The van der Waals surface area contributed by atoms with Crippen molar-refractivity contribution < 1.29 is 13.7 Å². The van der Waals surface area contributed by atoms with E-state index >= 15 is 0 Å². The number of amides is 2. The van der Waals surface area contributed by atoms with Crippen LogP contribution in [-0.4, -0.2) is 58.5 Å². The smallest absolute Gasteiger partial charge is 0.317 e. The van der Waals surface area contributed by atoms with Crippen LogP contribution in [0.3, 0.4) is 0 Å². The van der Waals surface area contributed by atoms with E-state index in [2.05, 4.69) is 12.2 Å². The molecule has 1 rings (SSSR count). The number of urea groups is 1. The monoisotopic (exact) mass is 290 g/mol. The minimum atomic E-state index is -0.829. The first-order valence-corrected chi connectivity index (χ1v) is 8.49. The number of nitrogens with zero attached hydrogens (tertiary/aromatic N) is 1. The molecule has 6 heteroatoms. The molecule has 3 unspecified atom stereocenters. The van der Waals surface area contributed by atoms with E-state index in [1.54, 1.807) is 11.2 Å². The Bertz CT molecular complexity index is 338. The molecular formula is C13H26N2O3S. The van der Waals surface area contributed by atoms with Crippen molar-refractivity contribution >= 4 is 16.8 Å². The molecule has 1 heterocycles. The van der Waals surface area contributed by atoms with Gasteiger partial charge in [0.2, 0.25) is 0 Å². The molecule has 1 aliphatic rings. The van der Waals surface area contributed by atoms with Gasteiger partial charge >= 0.3 is 6.03 Å². The number of morpholine rings is 1. The van der Waals surface area contributed by atoms with Crippen LogP contribution in [0.5, 0.6) is 0 Å². The molecule has 0 aromatic carbocycles. The van der Waals surface area contributed by atoms with Gasteiger partial charge in [-0.25, -0.2) is 4.79 Å². The van der Waals surface area contributed by atoms with E-state index in [9.17, 15) is 9.00 Å². The fraction of sp³-hybridized carbons (Fsp3) is 0.923. The van der Waals surface area contributed by atoms with Crippen LogP contribution in [0.2, 0.25) is 0 Å². The lowest BCUT2D eigenvalue weighted by Gasteiger charge is -2.39. The summed E-state index contributed by atoms with van der Waals surface area (Å²) >= 11 is 0. The van der Waals surface area contributed by atoms with E-state index in [1.165, 1.54) is 0 Å². The molecule has 2 amide bonds. The van der Waals surface area contributed by atoms with Crippen LogP contribution in [-0.2, 0) is 15.5 Å². The summed E-state index contributed by atoms with van der Waals surface area (Å²) in [6.07, 6.45) is 3.33. The first kappa shape index (κ1) is 16.4. The number of nitrogens with one attached hydrogen (secondary N) is 1. The fourth-order valence-corrected chi connectivity index (χ4v) is 2.43. The maximum atomic E-state index is 12.0. The summed E-state index contributed by atoms with van der Waals surface area (Å²) in [6, 6.07) is -0.0444. The minimum Gasteiger partial charge on any atom is -0.372 e. The Kier molecular flexibility index (Phi) is 6.26. The molecule has 19 heavy (non-hydrogen) atoms. The van der Waals surface area contributed by atoms with Gasteiger partial charge in [-0.2, -0.15) is 0 Å². The highest BCUT2D eigenvalue weighted by molar-refractivity contribution is 7.84. The predicted octanol–water partition coefficient (Wildman–Crippen LogP) is 1.35. The molecule has 1 fully saturated rings. The first-order valence-electron chi connectivity index (χ1n) is 6.87. The van der Waals surface area contributed by atoms with E-state index in [-0.39, 0.29) is 16.9 Å². The average molecular weight is 290 g/mol. The zero-order valence-electron chi connectivity index (χ0n) is 12.4. The van der Waals surface area contributed by atoms with Gasteiger partial charge in [-0.05, 0) is 19.8 Å². The Morgan fingerprint density at radius 2 is 2.26 bits per heavy atom. The largest absolute Gasteiger partial charge is 0.372 e. The molecule has 112 valence electrons. The van der Waals surface area contributed by atoms with E-state index in [1.807, 2.05) is 13.8 Å². The fourth-order valence-electron chi connectivity index (χ4n) is 1.98. The van der Waals surface area contributed by atoms with Crippen LogP contribution in [0.1, 0.15) is 33.6 Å². The van der Waals surface area contributed by atoms with Gasteiger partial charge in [0.25, 0.3) is 0 Å². The Balaban J connectivity index is 2.35. The molecule has 5 nitrogen and oxygen atoms in total. The van der Waals surface area contributed by atoms with Gasteiger partial charge in [0.1, 0.15) is 0 Å². The summed E-state index contributed by atoms with van der Waals surface area (Å²) in [4.78, 5) is 13.8. The molecule has 1 aliphatic heterocycles. The van der Waals surface area contributed by atoms with Crippen molar-refractivity contribution in [1.29, 1.82) is 0 Å². The van der Waals surface area contributed by atoms with Crippen molar-refractivity contribution in [2.45, 2.75) is 44.5 Å². The molecule has 0 saturated carbocycles. The second-order valence-electron chi connectivity index (χ2n) is 5.40. The lowest BCUT2D eigenvalue weighted by molar-refractivity contribution is -0.0872. The summed E-state index contributed by atoms with van der Waals surface area (Å²) in [7, 11) is -0.829. The number of ether oxygens (including phenoxy) is 1. The lowest BCUT2D eigenvalue weighted by atomic mass is 10.0. The van der Waals surface area contributed by atoms with E-state index < -0.39 is 10.8 Å². The quantitative estimate of drug-likeness (QED) is 0.831. The maximum absolute atomic E-state index is 12.0. The molecule has 0 aromatic rings. The number of hydrogen-bond donors (Lipinski definition) is 1. The van der Waals surface area contributed by atoms with Gasteiger partial charge < -0.3 is 15.0 Å². The van der Waals surface area contributed by atoms with Crippen LogP contribution < -0.4 is 5.32 Å². The van der Waals surface area contributed by atoms with Gasteiger partial charge in [-0.1, -0.05) is 13.8 Å². The standard InChI is InChI=1S/C13H26N2O3S/c1-5-13(3)10-15(8-9-18-13)12(16)14-7-6-11(2)19(4)17/h11H,5-10H2,1-4H3,(H,14,16).